The minimum absolute atomic E-state index is 0.0527. The van der Waals surface area contributed by atoms with Crippen molar-refractivity contribution in [3.05, 3.63) is 35.7 Å². The Morgan fingerprint density at radius 2 is 1.86 bits per heavy atom. The minimum atomic E-state index is 0.0527. The molecule has 0 aliphatic heterocycles. The van der Waals surface area contributed by atoms with Gasteiger partial charge in [-0.3, -0.25) is 0 Å². The molecule has 0 unspecified atom stereocenters. The van der Waals surface area contributed by atoms with Crippen LogP contribution in [0.25, 0.3) is 0 Å². The monoisotopic (exact) mass is 301 g/mol. The summed E-state index contributed by atoms with van der Waals surface area (Å²) in [6, 6.07) is 6.19. The number of aryl methyl sites for hydroxylation is 2. The number of rotatable bonds is 6. The van der Waals surface area contributed by atoms with Gasteiger partial charge in [0, 0.05) is 18.8 Å². The van der Waals surface area contributed by atoms with Crippen molar-refractivity contribution < 1.29 is 5.11 Å². The van der Waals surface area contributed by atoms with E-state index in [1.807, 2.05) is 37.8 Å². The first kappa shape index (κ1) is 16.0. The van der Waals surface area contributed by atoms with Gasteiger partial charge in [-0.15, -0.1) is 0 Å². The number of aliphatic hydroxyl groups excluding tert-OH is 1. The first-order valence-electron chi connectivity index (χ1n) is 7.36. The van der Waals surface area contributed by atoms with E-state index in [9.17, 15) is 0 Å². The largest absolute Gasteiger partial charge is 0.395 e. The van der Waals surface area contributed by atoms with Gasteiger partial charge in [-0.05, 0) is 44.0 Å². The Bertz CT molecular complexity index is 624. The standard InChI is InChI=1S/C16H23N5O/c1-4-21(5-6-22)16-14(17)15(18-10-19-16)20-13-8-11(2)7-12(3)9-13/h7-10,22H,4-6,17H2,1-3H3,(H,18,19,20). The molecule has 0 spiro atoms. The van der Waals surface area contributed by atoms with Gasteiger partial charge in [0.05, 0.1) is 6.61 Å². The molecule has 0 saturated carbocycles. The van der Waals surface area contributed by atoms with Crippen LogP contribution in [0.3, 0.4) is 0 Å². The molecular weight excluding hydrogens is 278 g/mol. The fourth-order valence-electron chi connectivity index (χ4n) is 2.46. The third-order valence-electron chi connectivity index (χ3n) is 3.40. The molecule has 0 aliphatic rings. The summed E-state index contributed by atoms with van der Waals surface area (Å²) in [7, 11) is 0. The maximum atomic E-state index is 9.14. The summed E-state index contributed by atoms with van der Waals surface area (Å²) < 4.78 is 0. The van der Waals surface area contributed by atoms with Crippen LogP contribution in [0.15, 0.2) is 24.5 Å². The highest BCUT2D eigenvalue weighted by Gasteiger charge is 2.13. The molecule has 22 heavy (non-hydrogen) atoms. The molecule has 1 aromatic heterocycles. The lowest BCUT2D eigenvalue weighted by molar-refractivity contribution is 0.302. The predicted octanol–water partition coefficient (Wildman–Crippen LogP) is 2.24. The first-order chi connectivity index (χ1) is 10.5. The van der Waals surface area contributed by atoms with Gasteiger partial charge in [0.2, 0.25) is 0 Å². The summed E-state index contributed by atoms with van der Waals surface area (Å²) >= 11 is 0. The van der Waals surface area contributed by atoms with Crippen LogP contribution < -0.4 is 16.0 Å². The number of nitrogens with zero attached hydrogens (tertiary/aromatic N) is 3. The molecule has 0 radical (unpaired) electrons. The van der Waals surface area contributed by atoms with Gasteiger partial charge in [-0.1, -0.05) is 6.07 Å². The van der Waals surface area contributed by atoms with Gasteiger partial charge >= 0.3 is 0 Å². The average Bonchev–Trinajstić information content (AvgIpc) is 2.46. The van der Waals surface area contributed by atoms with Gasteiger partial charge in [-0.25, -0.2) is 9.97 Å². The van der Waals surface area contributed by atoms with E-state index in [0.29, 0.717) is 30.4 Å². The normalized spacial score (nSPS) is 10.5. The van der Waals surface area contributed by atoms with Crippen LogP contribution in [-0.4, -0.2) is 34.8 Å². The Morgan fingerprint density at radius 3 is 2.45 bits per heavy atom. The predicted molar refractivity (Wildman–Crippen MR) is 90.6 cm³/mol. The van der Waals surface area contributed by atoms with Gasteiger partial charge in [0.15, 0.2) is 11.6 Å². The lowest BCUT2D eigenvalue weighted by atomic mass is 10.1. The number of likely N-dealkylation sites (N-methyl/N-ethyl adjacent to an activating group) is 1. The lowest BCUT2D eigenvalue weighted by Gasteiger charge is -2.23. The van der Waals surface area contributed by atoms with Crippen LogP contribution in [0.2, 0.25) is 0 Å². The quantitative estimate of drug-likeness (QED) is 0.758. The number of anilines is 4. The topological polar surface area (TPSA) is 87.3 Å². The van der Waals surface area contributed by atoms with Gasteiger partial charge in [0.25, 0.3) is 0 Å². The Labute approximate surface area is 131 Å². The molecule has 6 nitrogen and oxygen atoms in total. The lowest BCUT2D eigenvalue weighted by Crippen LogP contribution is -2.28. The molecule has 0 aliphatic carbocycles. The zero-order valence-corrected chi connectivity index (χ0v) is 13.3. The molecular formula is C16H23N5O. The number of nitrogen functional groups attached to an aromatic ring is 1. The summed E-state index contributed by atoms with van der Waals surface area (Å²) in [5, 5.41) is 12.4. The zero-order chi connectivity index (χ0) is 16.1. The van der Waals surface area contributed by atoms with E-state index < -0.39 is 0 Å². The van der Waals surface area contributed by atoms with Crippen molar-refractivity contribution >= 4 is 23.0 Å². The molecule has 0 bridgehead atoms. The summed E-state index contributed by atoms with van der Waals surface area (Å²) in [4.78, 5) is 10.4. The van der Waals surface area contributed by atoms with E-state index in [4.69, 9.17) is 10.8 Å². The number of nitrogens with two attached hydrogens (primary N) is 1. The number of aliphatic hydroxyl groups is 1. The highest BCUT2D eigenvalue weighted by Crippen LogP contribution is 2.28. The molecule has 4 N–H and O–H groups in total. The molecule has 0 amide bonds. The molecule has 2 rings (SSSR count). The van der Waals surface area contributed by atoms with Crippen LogP contribution in [0.5, 0.6) is 0 Å². The van der Waals surface area contributed by atoms with Crippen molar-refractivity contribution in [2.45, 2.75) is 20.8 Å². The van der Waals surface area contributed by atoms with Crippen molar-refractivity contribution in [3.8, 4) is 0 Å². The Kier molecular flexibility index (Phi) is 5.16. The van der Waals surface area contributed by atoms with Crippen LogP contribution in [-0.2, 0) is 0 Å². The summed E-state index contributed by atoms with van der Waals surface area (Å²) in [5.41, 5.74) is 9.97. The van der Waals surface area contributed by atoms with Gasteiger partial charge in [-0.2, -0.15) is 0 Å². The second-order valence-corrected chi connectivity index (χ2v) is 5.26. The number of hydrogen-bond donors (Lipinski definition) is 3. The fourth-order valence-corrected chi connectivity index (χ4v) is 2.46. The van der Waals surface area contributed by atoms with E-state index in [2.05, 4.69) is 21.4 Å². The number of nitrogens with one attached hydrogen (secondary N) is 1. The second kappa shape index (κ2) is 7.09. The zero-order valence-electron chi connectivity index (χ0n) is 13.3. The van der Waals surface area contributed by atoms with E-state index >= 15 is 0 Å². The molecule has 6 heteroatoms. The molecule has 0 fully saturated rings. The van der Waals surface area contributed by atoms with Crippen molar-refractivity contribution in [3.63, 3.8) is 0 Å². The second-order valence-electron chi connectivity index (χ2n) is 5.26. The van der Waals surface area contributed by atoms with Crippen LogP contribution in [0.1, 0.15) is 18.1 Å². The first-order valence-corrected chi connectivity index (χ1v) is 7.36. The molecule has 0 saturated heterocycles. The highest BCUT2D eigenvalue weighted by atomic mass is 16.3. The van der Waals surface area contributed by atoms with Gasteiger partial charge < -0.3 is 21.1 Å². The number of benzene rings is 1. The summed E-state index contributed by atoms with van der Waals surface area (Å²) in [5.74, 6) is 1.21. The van der Waals surface area contributed by atoms with Crippen molar-refractivity contribution in [2.24, 2.45) is 0 Å². The summed E-state index contributed by atoms with van der Waals surface area (Å²) in [6.07, 6.45) is 1.48. The van der Waals surface area contributed by atoms with E-state index in [1.165, 1.54) is 17.5 Å². The summed E-state index contributed by atoms with van der Waals surface area (Å²) in [6.45, 7) is 7.34. The number of aromatic nitrogens is 2. The molecule has 2 aromatic rings. The molecule has 1 heterocycles. The SMILES string of the molecule is CCN(CCO)c1ncnc(Nc2cc(C)cc(C)c2)c1N. The van der Waals surface area contributed by atoms with Gasteiger partial charge in [0.1, 0.15) is 12.0 Å². The Morgan fingerprint density at radius 1 is 1.18 bits per heavy atom. The smallest absolute Gasteiger partial charge is 0.159 e. The van der Waals surface area contributed by atoms with E-state index in [0.717, 1.165) is 5.69 Å². The average molecular weight is 301 g/mol. The molecule has 0 atom stereocenters. The minimum Gasteiger partial charge on any atom is -0.395 e. The highest BCUT2D eigenvalue weighted by molar-refractivity contribution is 5.78. The van der Waals surface area contributed by atoms with Crippen LogP contribution in [0.4, 0.5) is 23.0 Å². The van der Waals surface area contributed by atoms with Crippen molar-refractivity contribution in [2.75, 3.05) is 35.6 Å². The Balaban J connectivity index is 2.32. The van der Waals surface area contributed by atoms with E-state index in [-0.39, 0.29) is 6.61 Å². The maximum Gasteiger partial charge on any atom is 0.159 e. The van der Waals surface area contributed by atoms with Crippen molar-refractivity contribution in [1.29, 1.82) is 0 Å². The van der Waals surface area contributed by atoms with Crippen LogP contribution in [0, 0.1) is 13.8 Å². The van der Waals surface area contributed by atoms with E-state index in [1.54, 1.807) is 0 Å². The third-order valence-corrected chi connectivity index (χ3v) is 3.40. The molecule has 1 aromatic carbocycles. The fraction of sp³-hybridized carbons (Fsp3) is 0.375. The maximum absolute atomic E-state index is 9.14. The van der Waals surface area contributed by atoms with Crippen molar-refractivity contribution in [1.82, 2.24) is 9.97 Å². The molecule has 118 valence electrons. The Hall–Kier alpha value is -2.34. The number of hydrogen-bond acceptors (Lipinski definition) is 6. The van der Waals surface area contributed by atoms with Crippen LogP contribution >= 0.6 is 0 Å². The third kappa shape index (κ3) is 3.65.